The smallest absolute Gasteiger partial charge is 0.325 e. The Kier molecular flexibility index (Phi) is 5.85. The van der Waals surface area contributed by atoms with Gasteiger partial charge in [0.2, 0.25) is 0 Å². The van der Waals surface area contributed by atoms with Crippen LogP contribution in [0.1, 0.15) is 28.4 Å². The van der Waals surface area contributed by atoms with Crippen molar-refractivity contribution in [2.24, 2.45) is 0 Å². The number of aliphatic carboxylic acids is 1. The standard InChI is InChI=1S/C24H23N5O3/c1-3-17-8-10-18(11-9-17)23-19(14-29(27-23)20-7-5-4-6-16(20)2)24(32)25-21-12-13-28(26-21)15-22(30)31/h4-14H,3,15H2,1-2H3,(H,30,31)(H,25,26,32). The Hall–Kier alpha value is -4.20. The third kappa shape index (κ3) is 4.44. The van der Waals surface area contributed by atoms with Crippen molar-refractivity contribution in [2.45, 2.75) is 26.8 Å². The molecule has 0 spiro atoms. The van der Waals surface area contributed by atoms with E-state index in [2.05, 4.69) is 17.3 Å². The van der Waals surface area contributed by atoms with Gasteiger partial charge in [-0.2, -0.15) is 10.2 Å². The van der Waals surface area contributed by atoms with Crippen LogP contribution in [0.4, 0.5) is 5.82 Å². The molecule has 8 nitrogen and oxygen atoms in total. The number of nitrogens with one attached hydrogen (secondary N) is 1. The van der Waals surface area contributed by atoms with E-state index in [4.69, 9.17) is 10.2 Å². The highest BCUT2D eigenvalue weighted by molar-refractivity contribution is 6.07. The van der Waals surface area contributed by atoms with Crippen molar-refractivity contribution in [2.75, 3.05) is 5.32 Å². The Morgan fingerprint density at radius 2 is 1.78 bits per heavy atom. The van der Waals surface area contributed by atoms with Gasteiger partial charge in [-0.05, 0) is 30.5 Å². The summed E-state index contributed by atoms with van der Waals surface area (Å²) in [7, 11) is 0. The lowest BCUT2D eigenvalue weighted by Crippen LogP contribution is -2.14. The number of carbonyl (C=O) groups excluding carboxylic acids is 1. The van der Waals surface area contributed by atoms with Crippen molar-refractivity contribution in [3.05, 3.63) is 83.7 Å². The lowest BCUT2D eigenvalue weighted by atomic mass is 10.0. The van der Waals surface area contributed by atoms with E-state index in [0.29, 0.717) is 11.3 Å². The van der Waals surface area contributed by atoms with Crippen LogP contribution in [0.25, 0.3) is 16.9 Å². The average Bonchev–Trinajstić information content (AvgIpc) is 3.41. The number of carboxylic acid groups (broad SMARTS) is 1. The zero-order valence-electron chi connectivity index (χ0n) is 17.8. The summed E-state index contributed by atoms with van der Waals surface area (Å²) in [5.41, 5.74) is 4.88. The van der Waals surface area contributed by atoms with Gasteiger partial charge in [0.1, 0.15) is 12.2 Å². The normalized spacial score (nSPS) is 10.8. The topological polar surface area (TPSA) is 102 Å². The average molecular weight is 429 g/mol. The molecule has 4 aromatic rings. The van der Waals surface area contributed by atoms with E-state index < -0.39 is 5.97 Å². The zero-order chi connectivity index (χ0) is 22.7. The van der Waals surface area contributed by atoms with E-state index >= 15 is 0 Å². The van der Waals surface area contributed by atoms with Gasteiger partial charge in [0.15, 0.2) is 5.82 Å². The Morgan fingerprint density at radius 1 is 1.03 bits per heavy atom. The van der Waals surface area contributed by atoms with Gasteiger partial charge in [0.25, 0.3) is 5.91 Å². The van der Waals surface area contributed by atoms with Gasteiger partial charge in [0, 0.05) is 24.0 Å². The van der Waals surface area contributed by atoms with Gasteiger partial charge in [-0.15, -0.1) is 0 Å². The minimum Gasteiger partial charge on any atom is -0.480 e. The van der Waals surface area contributed by atoms with Crippen LogP contribution in [0.5, 0.6) is 0 Å². The number of aromatic nitrogens is 4. The largest absolute Gasteiger partial charge is 0.480 e. The van der Waals surface area contributed by atoms with Crippen molar-refractivity contribution >= 4 is 17.7 Å². The molecule has 1 amide bonds. The summed E-state index contributed by atoms with van der Waals surface area (Å²) in [6.45, 7) is 3.79. The molecule has 0 fully saturated rings. The highest BCUT2D eigenvalue weighted by Gasteiger charge is 2.20. The van der Waals surface area contributed by atoms with Crippen molar-refractivity contribution in [1.29, 1.82) is 0 Å². The van der Waals surface area contributed by atoms with Crippen molar-refractivity contribution in [1.82, 2.24) is 19.6 Å². The maximum absolute atomic E-state index is 13.2. The van der Waals surface area contributed by atoms with E-state index in [1.807, 2.05) is 55.5 Å². The molecule has 0 aliphatic heterocycles. The predicted octanol–water partition coefficient (Wildman–Crippen LogP) is 3.94. The number of hydrogen-bond donors (Lipinski definition) is 2. The molecule has 0 unspecified atom stereocenters. The quantitative estimate of drug-likeness (QED) is 0.463. The Bertz CT molecular complexity index is 1270. The second kappa shape index (κ2) is 8.89. The molecular weight excluding hydrogens is 406 g/mol. The molecule has 2 N–H and O–H groups in total. The molecule has 0 bridgehead atoms. The molecule has 0 saturated heterocycles. The number of amides is 1. The van der Waals surface area contributed by atoms with Crippen LogP contribution in [-0.4, -0.2) is 36.5 Å². The molecule has 32 heavy (non-hydrogen) atoms. The highest BCUT2D eigenvalue weighted by Crippen LogP contribution is 2.26. The molecule has 0 aliphatic carbocycles. The summed E-state index contributed by atoms with van der Waals surface area (Å²) >= 11 is 0. The van der Waals surface area contributed by atoms with Gasteiger partial charge in [-0.3, -0.25) is 14.3 Å². The van der Waals surface area contributed by atoms with Crippen molar-refractivity contribution < 1.29 is 14.7 Å². The number of anilines is 1. The number of aryl methyl sites for hydroxylation is 2. The number of para-hydroxylation sites is 1. The van der Waals surface area contributed by atoms with Crippen LogP contribution in [0.2, 0.25) is 0 Å². The maximum Gasteiger partial charge on any atom is 0.325 e. The Morgan fingerprint density at radius 3 is 2.47 bits per heavy atom. The van der Waals surface area contributed by atoms with E-state index in [9.17, 15) is 9.59 Å². The van der Waals surface area contributed by atoms with E-state index in [0.717, 1.165) is 23.2 Å². The lowest BCUT2D eigenvalue weighted by molar-refractivity contribution is -0.137. The van der Waals surface area contributed by atoms with Crippen LogP contribution in [0.15, 0.2) is 67.0 Å². The molecule has 0 radical (unpaired) electrons. The second-order valence-electron chi connectivity index (χ2n) is 7.42. The monoisotopic (exact) mass is 429 g/mol. The van der Waals surface area contributed by atoms with Crippen molar-refractivity contribution in [3.63, 3.8) is 0 Å². The molecule has 0 atom stereocenters. The number of benzene rings is 2. The van der Waals surface area contributed by atoms with Crippen LogP contribution in [-0.2, 0) is 17.8 Å². The summed E-state index contributed by atoms with van der Waals surface area (Å²) in [5, 5.41) is 20.5. The van der Waals surface area contributed by atoms with Crippen LogP contribution in [0, 0.1) is 6.92 Å². The molecule has 2 heterocycles. The molecular formula is C24H23N5O3. The summed E-state index contributed by atoms with van der Waals surface area (Å²) in [6, 6.07) is 17.3. The van der Waals surface area contributed by atoms with E-state index in [-0.39, 0.29) is 18.3 Å². The van der Waals surface area contributed by atoms with E-state index in [1.54, 1.807) is 16.9 Å². The molecule has 0 saturated carbocycles. The van der Waals surface area contributed by atoms with Gasteiger partial charge >= 0.3 is 5.97 Å². The molecule has 4 rings (SSSR count). The van der Waals surface area contributed by atoms with Crippen molar-refractivity contribution in [3.8, 4) is 16.9 Å². The zero-order valence-corrected chi connectivity index (χ0v) is 17.8. The SMILES string of the molecule is CCc1ccc(-c2nn(-c3ccccc3C)cc2C(=O)Nc2ccn(CC(=O)O)n2)cc1. The first-order valence-corrected chi connectivity index (χ1v) is 10.3. The van der Waals surface area contributed by atoms with Gasteiger partial charge < -0.3 is 10.4 Å². The first kappa shape index (κ1) is 21.0. The number of rotatable bonds is 7. The van der Waals surface area contributed by atoms with Gasteiger partial charge in [-0.25, -0.2) is 4.68 Å². The summed E-state index contributed by atoms with van der Waals surface area (Å²) in [6.07, 6.45) is 4.13. The summed E-state index contributed by atoms with van der Waals surface area (Å²) in [4.78, 5) is 24.0. The number of hydrogen-bond acceptors (Lipinski definition) is 4. The fraction of sp³-hybridized carbons (Fsp3) is 0.167. The molecule has 0 aliphatic rings. The predicted molar refractivity (Wildman–Crippen MR) is 121 cm³/mol. The summed E-state index contributed by atoms with van der Waals surface area (Å²) in [5.74, 6) is -1.12. The minimum atomic E-state index is -1.01. The number of carbonyl (C=O) groups is 2. The minimum absolute atomic E-state index is 0.271. The fourth-order valence-corrected chi connectivity index (χ4v) is 3.43. The second-order valence-corrected chi connectivity index (χ2v) is 7.42. The maximum atomic E-state index is 13.2. The first-order valence-electron chi connectivity index (χ1n) is 10.3. The summed E-state index contributed by atoms with van der Waals surface area (Å²) < 4.78 is 2.95. The highest BCUT2D eigenvalue weighted by atomic mass is 16.4. The van der Waals surface area contributed by atoms with Gasteiger partial charge in [-0.1, -0.05) is 49.4 Å². The molecule has 162 valence electrons. The number of carboxylic acids is 1. The van der Waals surface area contributed by atoms with Gasteiger partial charge in [0.05, 0.1) is 11.3 Å². The molecule has 8 heteroatoms. The fourth-order valence-electron chi connectivity index (χ4n) is 3.43. The third-order valence-electron chi connectivity index (χ3n) is 5.14. The first-order chi connectivity index (χ1) is 15.4. The third-order valence-corrected chi connectivity index (χ3v) is 5.14. The Labute approximate surface area is 185 Å². The van der Waals surface area contributed by atoms with Crippen LogP contribution in [0.3, 0.4) is 0 Å². The van der Waals surface area contributed by atoms with E-state index in [1.165, 1.54) is 16.4 Å². The molecule has 2 aromatic heterocycles. The Balaban J connectivity index is 1.71. The number of nitrogens with zero attached hydrogens (tertiary/aromatic N) is 4. The molecule has 2 aromatic carbocycles. The lowest BCUT2D eigenvalue weighted by Gasteiger charge is -2.05. The van der Waals surface area contributed by atoms with Crippen LogP contribution >= 0.6 is 0 Å². The van der Waals surface area contributed by atoms with Crippen LogP contribution < -0.4 is 5.32 Å².